The number of ether oxygens (including phenoxy) is 1. The molecule has 1 amide bonds. The van der Waals surface area contributed by atoms with Gasteiger partial charge in [-0.3, -0.25) is 4.79 Å². The number of carbonyl (C=O) groups excluding carboxylic acids is 1. The van der Waals surface area contributed by atoms with Crippen molar-refractivity contribution in [3.63, 3.8) is 0 Å². The van der Waals surface area contributed by atoms with E-state index in [1.165, 1.54) is 0 Å². The summed E-state index contributed by atoms with van der Waals surface area (Å²) < 4.78 is 5.90. The van der Waals surface area contributed by atoms with Gasteiger partial charge in [0, 0.05) is 5.69 Å². The molecule has 1 heterocycles. The van der Waals surface area contributed by atoms with Crippen LogP contribution in [0.15, 0.2) is 40.9 Å². The van der Waals surface area contributed by atoms with Crippen molar-refractivity contribution in [3.05, 3.63) is 62.0 Å². The molecule has 0 atom stereocenters. The number of rotatable bonds is 6. The third-order valence-corrected chi connectivity index (χ3v) is 5.74. The molecule has 0 saturated heterocycles. The molecule has 0 saturated carbocycles. The summed E-state index contributed by atoms with van der Waals surface area (Å²) in [5, 5.41) is 21.6. The standard InChI is InChI=1S/C20H17BrClN3O3S/c1-3-28-16-10-12(8-14(21)17(16)26)9-15(22)19-24-25-20(29-19)18(27)23-13-6-4-11(2)5-7-13/h4-10,26H,3H2,1-2H3,(H,23,27)/b15-9+. The van der Waals surface area contributed by atoms with E-state index < -0.39 is 0 Å². The number of aromatic hydroxyl groups is 1. The summed E-state index contributed by atoms with van der Waals surface area (Å²) in [5.74, 6) is 0.00667. The van der Waals surface area contributed by atoms with Crippen LogP contribution < -0.4 is 10.1 Å². The molecule has 3 aromatic rings. The number of phenols is 1. The first-order valence-corrected chi connectivity index (χ1v) is 10.6. The highest BCUT2D eigenvalue weighted by atomic mass is 79.9. The molecule has 6 nitrogen and oxygen atoms in total. The molecule has 150 valence electrons. The normalized spacial score (nSPS) is 11.4. The van der Waals surface area contributed by atoms with Crippen LogP contribution >= 0.6 is 38.9 Å². The van der Waals surface area contributed by atoms with Crippen LogP contribution in [0.5, 0.6) is 11.5 Å². The van der Waals surface area contributed by atoms with Crippen LogP contribution in [0.4, 0.5) is 5.69 Å². The number of nitrogens with one attached hydrogen (secondary N) is 1. The zero-order valence-corrected chi connectivity index (χ0v) is 18.7. The van der Waals surface area contributed by atoms with Gasteiger partial charge in [0.2, 0.25) is 5.01 Å². The van der Waals surface area contributed by atoms with Gasteiger partial charge in [0.1, 0.15) is 0 Å². The van der Waals surface area contributed by atoms with Gasteiger partial charge in [0.25, 0.3) is 5.91 Å². The average molecular weight is 495 g/mol. The van der Waals surface area contributed by atoms with Gasteiger partial charge in [-0.2, -0.15) is 0 Å². The lowest BCUT2D eigenvalue weighted by Crippen LogP contribution is -2.11. The Morgan fingerprint density at radius 1 is 1.28 bits per heavy atom. The van der Waals surface area contributed by atoms with E-state index in [-0.39, 0.29) is 16.7 Å². The second kappa shape index (κ2) is 9.39. The van der Waals surface area contributed by atoms with Crippen molar-refractivity contribution in [1.82, 2.24) is 10.2 Å². The fourth-order valence-corrected chi connectivity index (χ4v) is 3.77. The van der Waals surface area contributed by atoms with Gasteiger partial charge in [-0.25, -0.2) is 0 Å². The predicted molar refractivity (Wildman–Crippen MR) is 120 cm³/mol. The van der Waals surface area contributed by atoms with E-state index >= 15 is 0 Å². The highest BCUT2D eigenvalue weighted by Crippen LogP contribution is 2.37. The minimum Gasteiger partial charge on any atom is -0.503 e. The minimum absolute atomic E-state index is 0.0195. The summed E-state index contributed by atoms with van der Waals surface area (Å²) in [7, 11) is 0. The molecule has 29 heavy (non-hydrogen) atoms. The maximum absolute atomic E-state index is 12.4. The van der Waals surface area contributed by atoms with Gasteiger partial charge >= 0.3 is 0 Å². The number of hydrogen-bond acceptors (Lipinski definition) is 6. The maximum Gasteiger partial charge on any atom is 0.286 e. The predicted octanol–water partition coefficient (Wildman–Crippen LogP) is 5.70. The van der Waals surface area contributed by atoms with Crippen LogP contribution in [0.3, 0.4) is 0 Å². The Morgan fingerprint density at radius 2 is 1.97 bits per heavy atom. The molecule has 0 unspecified atom stereocenters. The summed E-state index contributed by atoms with van der Waals surface area (Å²) in [6, 6.07) is 10.8. The van der Waals surface area contributed by atoms with E-state index in [4.69, 9.17) is 16.3 Å². The van der Waals surface area contributed by atoms with E-state index in [0.29, 0.717) is 38.1 Å². The number of aryl methyl sites for hydroxylation is 1. The quantitative estimate of drug-likeness (QED) is 0.459. The van der Waals surface area contributed by atoms with Crippen molar-refractivity contribution in [2.45, 2.75) is 13.8 Å². The van der Waals surface area contributed by atoms with E-state index in [9.17, 15) is 9.90 Å². The first-order chi connectivity index (χ1) is 13.9. The molecule has 0 aliphatic heterocycles. The number of nitrogens with zero attached hydrogens (tertiary/aromatic N) is 2. The van der Waals surface area contributed by atoms with Crippen molar-refractivity contribution in [1.29, 1.82) is 0 Å². The Kier molecular flexibility index (Phi) is 6.89. The van der Waals surface area contributed by atoms with Crippen molar-refractivity contribution in [2.24, 2.45) is 0 Å². The molecule has 0 spiro atoms. The third kappa shape index (κ3) is 5.35. The fraction of sp³-hybridized carbons (Fsp3) is 0.150. The largest absolute Gasteiger partial charge is 0.503 e. The topological polar surface area (TPSA) is 84.3 Å². The Hall–Kier alpha value is -2.42. The van der Waals surface area contributed by atoms with E-state index in [0.717, 1.165) is 16.9 Å². The van der Waals surface area contributed by atoms with Crippen LogP contribution in [0.25, 0.3) is 11.1 Å². The minimum atomic E-state index is -0.354. The SMILES string of the molecule is CCOc1cc(/C=C(/Cl)c2nnc(C(=O)Nc3ccc(C)cc3)s2)cc(Br)c1O. The van der Waals surface area contributed by atoms with Crippen LogP contribution in [0, 0.1) is 6.92 Å². The summed E-state index contributed by atoms with van der Waals surface area (Å²) >= 11 is 10.8. The Bertz CT molecular complexity index is 1070. The molecule has 3 rings (SSSR count). The van der Waals surface area contributed by atoms with Gasteiger partial charge in [-0.1, -0.05) is 40.6 Å². The molecule has 1 aromatic heterocycles. The summed E-state index contributed by atoms with van der Waals surface area (Å²) in [6.07, 6.45) is 1.66. The molecule has 2 aromatic carbocycles. The van der Waals surface area contributed by atoms with E-state index in [1.807, 2.05) is 38.1 Å². The van der Waals surface area contributed by atoms with Crippen LogP contribution in [0.2, 0.25) is 0 Å². The van der Waals surface area contributed by atoms with E-state index in [2.05, 4.69) is 31.4 Å². The molecule has 0 aliphatic rings. The lowest BCUT2D eigenvalue weighted by atomic mass is 10.2. The van der Waals surface area contributed by atoms with Crippen molar-refractivity contribution in [3.8, 4) is 11.5 Å². The van der Waals surface area contributed by atoms with Gasteiger partial charge in [0.05, 0.1) is 16.1 Å². The van der Waals surface area contributed by atoms with E-state index in [1.54, 1.807) is 18.2 Å². The highest BCUT2D eigenvalue weighted by molar-refractivity contribution is 9.10. The molecule has 0 aliphatic carbocycles. The van der Waals surface area contributed by atoms with Crippen molar-refractivity contribution < 1.29 is 14.6 Å². The van der Waals surface area contributed by atoms with Crippen LogP contribution in [-0.2, 0) is 0 Å². The first kappa shape index (κ1) is 21.3. The molecule has 0 bridgehead atoms. The van der Waals surface area contributed by atoms with Crippen LogP contribution in [0.1, 0.15) is 32.9 Å². The number of phenolic OH excluding ortho intramolecular Hbond substituents is 1. The first-order valence-electron chi connectivity index (χ1n) is 8.61. The Labute approximate surface area is 185 Å². The zero-order valence-electron chi connectivity index (χ0n) is 15.6. The number of hydrogen-bond donors (Lipinski definition) is 2. The van der Waals surface area contributed by atoms with Crippen molar-refractivity contribution in [2.75, 3.05) is 11.9 Å². The summed E-state index contributed by atoms with van der Waals surface area (Å²) in [4.78, 5) is 12.4. The zero-order chi connectivity index (χ0) is 21.0. The molecular weight excluding hydrogens is 478 g/mol. The second-order valence-electron chi connectivity index (χ2n) is 6.01. The van der Waals surface area contributed by atoms with Gasteiger partial charge < -0.3 is 15.2 Å². The number of carbonyl (C=O) groups is 1. The number of anilines is 1. The summed E-state index contributed by atoms with van der Waals surface area (Å²) in [6.45, 7) is 4.21. The monoisotopic (exact) mass is 493 g/mol. The highest BCUT2D eigenvalue weighted by Gasteiger charge is 2.15. The molecular formula is C20H17BrClN3O3S. The second-order valence-corrected chi connectivity index (χ2v) is 8.25. The molecule has 2 N–H and O–H groups in total. The lowest BCUT2D eigenvalue weighted by molar-refractivity contribution is 0.102. The number of aromatic nitrogens is 2. The number of amides is 1. The maximum atomic E-state index is 12.4. The number of benzene rings is 2. The Balaban J connectivity index is 1.79. The van der Waals surface area contributed by atoms with Gasteiger partial charge in [0.15, 0.2) is 16.5 Å². The smallest absolute Gasteiger partial charge is 0.286 e. The van der Waals surface area contributed by atoms with Crippen molar-refractivity contribution >= 4 is 61.6 Å². The van der Waals surface area contributed by atoms with Gasteiger partial charge in [-0.05, 0) is 65.7 Å². The lowest BCUT2D eigenvalue weighted by Gasteiger charge is -2.08. The Morgan fingerprint density at radius 3 is 2.66 bits per heavy atom. The number of halogens is 2. The fourth-order valence-electron chi connectivity index (χ4n) is 2.38. The third-order valence-electron chi connectivity index (χ3n) is 3.78. The van der Waals surface area contributed by atoms with Crippen LogP contribution in [-0.4, -0.2) is 27.8 Å². The van der Waals surface area contributed by atoms with Gasteiger partial charge in [-0.15, -0.1) is 10.2 Å². The molecule has 0 fully saturated rings. The summed E-state index contributed by atoms with van der Waals surface area (Å²) in [5.41, 5.74) is 2.48. The molecule has 9 heteroatoms. The average Bonchev–Trinajstić information content (AvgIpc) is 3.18. The molecule has 0 radical (unpaired) electrons.